The van der Waals surface area contributed by atoms with Crippen molar-refractivity contribution in [2.75, 3.05) is 0 Å². The van der Waals surface area contributed by atoms with Crippen molar-refractivity contribution in [2.24, 2.45) is 5.73 Å². The second-order valence-corrected chi connectivity index (χ2v) is 3.52. The minimum absolute atomic E-state index is 0. The molecule has 0 saturated carbocycles. The number of hydrogen-bond acceptors (Lipinski definition) is 1. The van der Waals surface area contributed by atoms with Crippen molar-refractivity contribution in [3.63, 3.8) is 0 Å². The van der Waals surface area contributed by atoms with E-state index in [-0.39, 0.29) is 24.0 Å². The van der Waals surface area contributed by atoms with Crippen LogP contribution in [0.5, 0.6) is 0 Å². The summed E-state index contributed by atoms with van der Waals surface area (Å²) in [6.45, 7) is 0. The lowest BCUT2D eigenvalue weighted by molar-refractivity contribution is -0.162. The Hall–Kier alpha value is -1.44. The van der Waals surface area contributed by atoms with Crippen LogP contribution in [0.4, 0.5) is 26.3 Å². The highest BCUT2D eigenvalue weighted by Crippen LogP contribution is 2.40. The van der Waals surface area contributed by atoms with Crippen LogP contribution in [0, 0.1) is 0 Å². The third-order valence-corrected chi connectivity index (χ3v) is 2.07. The van der Waals surface area contributed by atoms with Crippen LogP contribution < -0.4 is 5.73 Å². The minimum atomic E-state index is -5.15. The van der Waals surface area contributed by atoms with E-state index in [1.54, 1.807) is 0 Å². The van der Waals surface area contributed by atoms with E-state index in [0.717, 1.165) is 6.07 Å². The number of amides is 1. The van der Waals surface area contributed by atoms with Crippen molar-refractivity contribution in [3.8, 4) is 0 Å². The van der Waals surface area contributed by atoms with E-state index in [1.165, 1.54) is 0 Å². The lowest BCUT2D eigenvalue weighted by Gasteiger charge is -2.16. The fourth-order valence-electron chi connectivity index (χ4n) is 1.38. The number of benzene rings is 1. The molecule has 108 valence electrons. The first-order chi connectivity index (χ1) is 8.01. The van der Waals surface area contributed by atoms with E-state index in [2.05, 4.69) is 0 Å². The zero-order valence-electron chi connectivity index (χ0n) is 9.10. The van der Waals surface area contributed by atoms with Crippen LogP contribution in [-0.4, -0.2) is 5.91 Å². The summed E-state index contributed by atoms with van der Waals surface area (Å²) in [6, 6.07) is 1.37. The molecular weight excluding hydrogens is 300 g/mol. The molecule has 0 aliphatic carbocycles. The summed E-state index contributed by atoms with van der Waals surface area (Å²) in [5.74, 6) is -0.928. The van der Waals surface area contributed by atoms with Crippen molar-refractivity contribution in [2.45, 2.75) is 18.8 Å². The second kappa shape index (κ2) is 5.68. The van der Waals surface area contributed by atoms with Gasteiger partial charge in [0.15, 0.2) is 0 Å². The molecule has 2 N–H and O–H groups in total. The molecule has 0 atom stereocenters. The summed E-state index contributed by atoms with van der Waals surface area (Å²) in [4.78, 5) is 10.5. The molecule has 1 rings (SSSR count). The molecule has 0 aromatic heterocycles. The van der Waals surface area contributed by atoms with Crippen LogP contribution in [0.3, 0.4) is 0 Å². The van der Waals surface area contributed by atoms with Crippen molar-refractivity contribution in [3.05, 3.63) is 34.9 Å². The van der Waals surface area contributed by atoms with E-state index in [9.17, 15) is 31.1 Å². The Morgan fingerprint density at radius 3 is 1.84 bits per heavy atom. The first-order valence-electron chi connectivity index (χ1n) is 4.57. The predicted molar refractivity (Wildman–Crippen MR) is 56.6 cm³/mol. The summed E-state index contributed by atoms with van der Waals surface area (Å²) >= 11 is 0. The van der Waals surface area contributed by atoms with Gasteiger partial charge in [0.2, 0.25) is 5.91 Å². The Morgan fingerprint density at radius 2 is 1.47 bits per heavy atom. The van der Waals surface area contributed by atoms with Crippen LogP contribution in [0.25, 0.3) is 0 Å². The third-order valence-electron chi connectivity index (χ3n) is 2.07. The Balaban J connectivity index is 0.00000324. The molecular formula is C10H8ClF6NO. The maximum atomic E-state index is 12.5. The first kappa shape index (κ1) is 17.6. The van der Waals surface area contributed by atoms with Gasteiger partial charge in [-0.05, 0) is 17.7 Å². The number of rotatable bonds is 2. The van der Waals surface area contributed by atoms with Gasteiger partial charge in [0.05, 0.1) is 17.5 Å². The summed E-state index contributed by atoms with van der Waals surface area (Å²) < 4.78 is 74.6. The molecule has 0 aliphatic rings. The normalized spacial score (nSPS) is 11.9. The highest BCUT2D eigenvalue weighted by atomic mass is 35.5. The maximum Gasteiger partial charge on any atom is 0.417 e. The average molecular weight is 308 g/mol. The molecule has 1 aromatic rings. The van der Waals surface area contributed by atoms with Crippen LogP contribution in [0.15, 0.2) is 18.2 Å². The van der Waals surface area contributed by atoms with Gasteiger partial charge in [0, 0.05) is 0 Å². The second-order valence-electron chi connectivity index (χ2n) is 3.52. The molecule has 1 aromatic carbocycles. The maximum absolute atomic E-state index is 12.5. The van der Waals surface area contributed by atoms with Crippen molar-refractivity contribution in [1.82, 2.24) is 0 Å². The summed E-state index contributed by atoms with van der Waals surface area (Å²) in [5, 5.41) is 0. The zero-order chi connectivity index (χ0) is 14.1. The van der Waals surface area contributed by atoms with Crippen molar-refractivity contribution >= 4 is 18.3 Å². The molecule has 0 spiro atoms. The molecule has 0 heterocycles. The molecule has 19 heavy (non-hydrogen) atoms. The van der Waals surface area contributed by atoms with Gasteiger partial charge in [-0.25, -0.2) is 0 Å². The number of carbonyl (C=O) groups excluding carboxylic acids is 1. The SMILES string of the molecule is Cl.NC(=O)Cc1ccc(C(F)(F)F)c(C(F)(F)F)c1. The van der Waals surface area contributed by atoms with Gasteiger partial charge in [-0.15, -0.1) is 12.4 Å². The molecule has 1 amide bonds. The number of carbonyl (C=O) groups is 1. The summed E-state index contributed by atoms with van der Waals surface area (Å²) in [5.41, 5.74) is 0.932. The lowest BCUT2D eigenvalue weighted by Crippen LogP contribution is -2.18. The van der Waals surface area contributed by atoms with E-state index in [0.29, 0.717) is 6.07 Å². The lowest BCUT2D eigenvalue weighted by atomic mass is 10.0. The van der Waals surface area contributed by atoms with Crippen LogP contribution in [-0.2, 0) is 23.6 Å². The zero-order valence-corrected chi connectivity index (χ0v) is 9.92. The van der Waals surface area contributed by atoms with Gasteiger partial charge >= 0.3 is 12.4 Å². The Morgan fingerprint density at radius 1 is 1.00 bits per heavy atom. The van der Waals surface area contributed by atoms with Gasteiger partial charge in [-0.3, -0.25) is 4.79 Å². The monoisotopic (exact) mass is 307 g/mol. The Labute approximate surface area is 110 Å². The van der Waals surface area contributed by atoms with E-state index < -0.39 is 35.8 Å². The molecule has 0 radical (unpaired) electrons. The molecule has 9 heteroatoms. The standard InChI is InChI=1S/C10H7F6NO.ClH/c11-9(12,13)6-2-1-5(4-8(17)18)3-7(6)10(14,15)16;/h1-3H,4H2,(H2,17,18);1H. The molecule has 0 bridgehead atoms. The van der Waals surface area contributed by atoms with E-state index in [4.69, 9.17) is 5.73 Å². The molecule has 2 nitrogen and oxygen atoms in total. The van der Waals surface area contributed by atoms with Crippen LogP contribution >= 0.6 is 12.4 Å². The minimum Gasteiger partial charge on any atom is -0.369 e. The first-order valence-corrected chi connectivity index (χ1v) is 4.57. The van der Waals surface area contributed by atoms with Gasteiger partial charge < -0.3 is 5.73 Å². The fourth-order valence-corrected chi connectivity index (χ4v) is 1.38. The van der Waals surface area contributed by atoms with E-state index in [1.807, 2.05) is 0 Å². The average Bonchev–Trinajstić information content (AvgIpc) is 2.13. The van der Waals surface area contributed by atoms with Crippen molar-refractivity contribution in [1.29, 1.82) is 0 Å². The Kier molecular flexibility index (Phi) is 5.25. The van der Waals surface area contributed by atoms with Gasteiger partial charge in [0.25, 0.3) is 0 Å². The predicted octanol–water partition coefficient (Wildman–Crippen LogP) is 3.17. The molecule has 0 fully saturated rings. The molecule has 0 saturated heterocycles. The number of hydrogen-bond donors (Lipinski definition) is 1. The summed E-state index contributed by atoms with van der Waals surface area (Å²) in [7, 11) is 0. The van der Waals surface area contributed by atoms with Crippen molar-refractivity contribution < 1.29 is 31.1 Å². The highest BCUT2D eigenvalue weighted by molar-refractivity contribution is 5.85. The fraction of sp³-hybridized carbons (Fsp3) is 0.300. The molecule has 0 unspecified atom stereocenters. The smallest absolute Gasteiger partial charge is 0.369 e. The summed E-state index contributed by atoms with van der Waals surface area (Å²) in [6.07, 6.45) is -10.8. The number of primary amides is 1. The van der Waals surface area contributed by atoms with Crippen LogP contribution in [0.2, 0.25) is 0 Å². The largest absolute Gasteiger partial charge is 0.417 e. The highest BCUT2D eigenvalue weighted by Gasteiger charge is 2.42. The number of nitrogens with two attached hydrogens (primary N) is 1. The molecule has 0 aliphatic heterocycles. The van der Waals surface area contributed by atoms with E-state index >= 15 is 0 Å². The number of alkyl halides is 6. The van der Waals surface area contributed by atoms with Gasteiger partial charge in [-0.1, -0.05) is 6.07 Å². The quantitative estimate of drug-likeness (QED) is 0.838. The van der Waals surface area contributed by atoms with Gasteiger partial charge in [-0.2, -0.15) is 26.3 Å². The van der Waals surface area contributed by atoms with Crippen LogP contribution in [0.1, 0.15) is 16.7 Å². The topological polar surface area (TPSA) is 43.1 Å². The Bertz CT molecular complexity index is 468. The van der Waals surface area contributed by atoms with Gasteiger partial charge in [0.1, 0.15) is 0 Å². The number of halogens is 7. The third kappa shape index (κ3) is 4.62.